The van der Waals surface area contributed by atoms with Crippen molar-refractivity contribution in [2.24, 2.45) is 0 Å². The fraction of sp³-hybridized carbons (Fsp3) is 0.211. The van der Waals surface area contributed by atoms with Crippen molar-refractivity contribution in [3.63, 3.8) is 0 Å². The largest absolute Gasteiger partial charge is 0.462 e. The molecule has 0 aliphatic rings. The Kier molecular flexibility index (Phi) is 5.52. The van der Waals surface area contributed by atoms with Gasteiger partial charge in [-0.2, -0.15) is 0 Å². The Bertz CT molecular complexity index is 1200. The number of hydrogen-bond donors (Lipinski definition) is 0. The number of halogens is 4. The lowest BCUT2D eigenvalue weighted by atomic mass is 10.1. The van der Waals surface area contributed by atoms with E-state index in [4.69, 9.17) is 16.3 Å². The molecule has 2 aromatic heterocycles. The van der Waals surface area contributed by atoms with Crippen molar-refractivity contribution >= 4 is 34.3 Å². The zero-order chi connectivity index (χ0) is 21.5. The Labute approximate surface area is 168 Å². The van der Waals surface area contributed by atoms with Crippen LogP contribution in [0.3, 0.4) is 0 Å². The summed E-state index contributed by atoms with van der Waals surface area (Å²) in [5.74, 6) is -3.77. The molecular weight excluding hydrogens is 411 g/mol. The van der Waals surface area contributed by atoms with E-state index < -0.39 is 39.6 Å². The number of ether oxygens (including phenoxy) is 1. The van der Waals surface area contributed by atoms with Crippen LogP contribution in [0.5, 0.6) is 0 Å². The van der Waals surface area contributed by atoms with Gasteiger partial charge in [0.1, 0.15) is 17.2 Å². The molecule has 1 aromatic carbocycles. The fourth-order valence-electron chi connectivity index (χ4n) is 2.79. The van der Waals surface area contributed by atoms with Gasteiger partial charge in [0.25, 0.3) is 0 Å². The maximum atomic E-state index is 14.7. The standard InChI is InChI=1S/C19H15ClF3N3O3/c1-4-29-19(28)10-8-26(15-7-14(25(2)3)11(21)6-12(15)22)18-9(16(10)27)5-13(23)17(20)24-18/h5-8H,4H2,1-3H3. The van der Waals surface area contributed by atoms with Gasteiger partial charge in [-0.05, 0) is 19.1 Å². The van der Waals surface area contributed by atoms with E-state index >= 15 is 0 Å². The van der Waals surface area contributed by atoms with Crippen LogP contribution in [0.1, 0.15) is 17.3 Å². The summed E-state index contributed by atoms with van der Waals surface area (Å²) in [6.45, 7) is 1.53. The predicted molar refractivity (Wildman–Crippen MR) is 103 cm³/mol. The van der Waals surface area contributed by atoms with Crippen molar-refractivity contribution in [2.75, 3.05) is 25.6 Å². The Morgan fingerprint density at radius 1 is 1.17 bits per heavy atom. The molecule has 0 spiro atoms. The number of pyridine rings is 2. The van der Waals surface area contributed by atoms with Crippen molar-refractivity contribution < 1.29 is 22.7 Å². The van der Waals surface area contributed by atoms with E-state index in [9.17, 15) is 22.8 Å². The first-order valence-electron chi connectivity index (χ1n) is 8.41. The van der Waals surface area contributed by atoms with E-state index in [0.29, 0.717) is 6.07 Å². The maximum absolute atomic E-state index is 14.7. The van der Waals surface area contributed by atoms with Crippen molar-refractivity contribution in [3.8, 4) is 5.69 Å². The van der Waals surface area contributed by atoms with Gasteiger partial charge in [0.2, 0.25) is 5.43 Å². The summed E-state index contributed by atoms with van der Waals surface area (Å²) < 4.78 is 48.6. The average molecular weight is 426 g/mol. The highest BCUT2D eigenvalue weighted by molar-refractivity contribution is 6.29. The lowest BCUT2D eigenvalue weighted by Gasteiger charge is -2.18. The molecule has 0 radical (unpaired) electrons. The van der Waals surface area contributed by atoms with E-state index in [1.165, 1.54) is 11.0 Å². The molecule has 2 heterocycles. The molecule has 0 saturated heterocycles. The minimum absolute atomic E-state index is 0.0147. The monoisotopic (exact) mass is 425 g/mol. The number of fused-ring (bicyclic) bond motifs is 1. The second-order valence-electron chi connectivity index (χ2n) is 6.24. The number of benzene rings is 1. The second-order valence-corrected chi connectivity index (χ2v) is 6.60. The number of hydrogen-bond acceptors (Lipinski definition) is 5. The third-order valence-corrected chi connectivity index (χ3v) is 4.41. The zero-order valence-electron chi connectivity index (χ0n) is 15.6. The molecule has 0 amide bonds. The van der Waals surface area contributed by atoms with Crippen molar-refractivity contribution in [3.05, 3.63) is 62.8 Å². The zero-order valence-corrected chi connectivity index (χ0v) is 16.4. The molecule has 0 fully saturated rings. The molecule has 3 rings (SSSR count). The van der Waals surface area contributed by atoms with Gasteiger partial charge in [0, 0.05) is 26.4 Å². The highest BCUT2D eigenvalue weighted by Gasteiger charge is 2.22. The van der Waals surface area contributed by atoms with Crippen LogP contribution in [0.4, 0.5) is 18.9 Å². The molecule has 6 nitrogen and oxygen atoms in total. The summed E-state index contributed by atoms with van der Waals surface area (Å²) in [6.07, 6.45) is 1.01. The molecule has 3 aromatic rings. The third-order valence-electron chi connectivity index (χ3n) is 4.14. The lowest BCUT2D eigenvalue weighted by molar-refractivity contribution is 0.0524. The highest BCUT2D eigenvalue weighted by Crippen LogP contribution is 2.27. The van der Waals surface area contributed by atoms with E-state index in [1.807, 2.05) is 0 Å². The van der Waals surface area contributed by atoms with Crippen molar-refractivity contribution in [2.45, 2.75) is 6.92 Å². The topological polar surface area (TPSA) is 64.4 Å². The molecule has 0 bridgehead atoms. The van der Waals surface area contributed by atoms with Gasteiger partial charge in [-0.1, -0.05) is 11.6 Å². The van der Waals surface area contributed by atoms with Crippen LogP contribution in [-0.4, -0.2) is 36.2 Å². The number of aromatic nitrogens is 2. The van der Waals surface area contributed by atoms with E-state index in [-0.39, 0.29) is 29.0 Å². The number of rotatable bonds is 4. The Morgan fingerprint density at radius 3 is 2.48 bits per heavy atom. The molecule has 0 N–H and O–H groups in total. The summed E-state index contributed by atoms with van der Waals surface area (Å²) in [6, 6.07) is 2.63. The van der Waals surface area contributed by atoms with Crippen LogP contribution >= 0.6 is 11.6 Å². The first-order chi connectivity index (χ1) is 13.6. The van der Waals surface area contributed by atoms with Gasteiger partial charge >= 0.3 is 5.97 Å². The van der Waals surface area contributed by atoms with Crippen LogP contribution in [-0.2, 0) is 4.74 Å². The van der Waals surface area contributed by atoms with Crippen molar-refractivity contribution in [1.82, 2.24) is 9.55 Å². The third kappa shape index (κ3) is 3.65. The minimum atomic E-state index is -0.991. The van der Waals surface area contributed by atoms with E-state index in [1.54, 1.807) is 21.0 Å². The first kappa shape index (κ1) is 20.7. The number of nitrogens with zero attached hydrogens (tertiary/aromatic N) is 3. The predicted octanol–water partition coefficient (Wildman–Crippen LogP) is 3.70. The summed E-state index contributed by atoms with van der Waals surface area (Å²) in [5, 5.41) is -0.863. The van der Waals surface area contributed by atoms with Crippen molar-refractivity contribution in [1.29, 1.82) is 0 Å². The maximum Gasteiger partial charge on any atom is 0.343 e. The molecule has 10 heteroatoms. The van der Waals surface area contributed by atoms with Crippen LogP contribution in [0.2, 0.25) is 5.15 Å². The Hall–Kier alpha value is -3.07. The molecule has 29 heavy (non-hydrogen) atoms. The van der Waals surface area contributed by atoms with Gasteiger partial charge in [0.05, 0.1) is 23.4 Å². The quantitative estimate of drug-likeness (QED) is 0.471. The minimum Gasteiger partial charge on any atom is -0.462 e. The summed E-state index contributed by atoms with van der Waals surface area (Å²) >= 11 is 5.74. The van der Waals surface area contributed by atoms with Gasteiger partial charge in [-0.15, -0.1) is 0 Å². The van der Waals surface area contributed by atoms with Gasteiger partial charge in [-0.3, -0.25) is 9.36 Å². The average Bonchev–Trinajstić information content (AvgIpc) is 2.64. The molecule has 0 atom stereocenters. The molecule has 0 unspecified atom stereocenters. The molecule has 0 aliphatic heterocycles. The van der Waals surface area contributed by atoms with Crippen LogP contribution in [0.25, 0.3) is 16.7 Å². The molecule has 0 saturated carbocycles. The summed E-state index contributed by atoms with van der Waals surface area (Å²) in [4.78, 5) is 30.1. The Morgan fingerprint density at radius 2 is 1.86 bits per heavy atom. The second kappa shape index (κ2) is 7.75. The van der Waals surface area contributed by atoms with Crippen LogP contribution in [0, 0.1) is 17.5 Å². The smallest absolute Gasteiger partial charge is 0.343 e. The molecular formula is C19H15ClF3N3O3. The Balaban J connectivity index is 2.45. The van der Waals surface area contributed by atoms with E-state index in [0.717, 1.165) is 16.8 Å². The number of esters is 1. The normalized spacial score (nSPS) is 11.0. The lowest BCUT2D eigenvalue weighted by Crippen LogP contribution is -2.22. The van der Waals surface area contributed by atoms with Gasteiger partial charge in [-0.25, -0.2) is 22.9 Å². The summed E-state index contributed by atoms with van der Waals surface area (Å²) in [7, 11) is 3.11. The van der Waals surface area contributed by atoms with Crippen LogP contribution in [0.15, 0.2) is 29.2 Å². The first-order valence-corrected chi connectivity index (χ1v) is 8.78. The summed E-state index contributed by atoms with van der Waals surface area (Å²) in [5.41, 5.74) is -1.70. The van der Waals surface area contributed by atoms with Gasteiger partial charge < -0.3 is 9.64 Å². The fourth-order valence-corrected chi connectivity index (χ4v) is 2.93. The van der Waals surface area contributed by atoms with Gasteiger partial charge in [0.15, 0.2) is 16.6 Å². The highest BCUT2D eigenvalue weighted by atomic mass is 35.5. The number of carbonyl (C=O) groups is 1. The SMILES string of the molecule is CCOC(=O)c1cn(-c2cc(N(C)C)c(F)cc2F)c2nc(Cl)c(F)cc2c1=O. The molecule has 152 valence electrons. The number of anilines is 1. The van der Waals surface area contributed by atoms with Crippen LogP contribution < -0.4 is 10.3 Å². The van der Waals surface area contributed by atoms with E-state index in [2.05, 4.69) is 4.98 Å². The molecule has 0 aliphatic carbocycles. The number of carbonyl (C=O) groups excluding carboxylic acids is 1.